The molecular weight excluding hydrogens is 256 g/mol. The fourth-order valence-corrected chi connectivity index (χ4v) is 2.82. The van der Waals surface area contributed by atoms with Gasteiger partial charge < -0.3 is 5.73 Å². The lowest BCUT2D eigenvalue weighted by atomic mass is 10.0. The summed E-state index contributed by atoms with van der Waals surface area (Å²) >= 11 is 1.58. The van der Waals surface area contributed by atoms with Gasteiger partial charge >= 0.3 is 0 Å². The van der Waals surface area contributed by atoms with Gasteiger partial charge in [0.2, 0.25) is 0 Å². The normalized spacial score (nSPS) is 12.4. The van der Waals surface area contributed by atoms with Crippen molar-refractivity contribution in [2.75, 3.05) is 0 Å². The van der Waals surface area contributed by atoms with Gasteiger partial charge in [0.15, 0.2) is 5.78 Å². The van der Waals surface area contributed by atoms with E-state index in [0.29, 0.717) is 12.8 Å². The molecule has 2 aromatic rings. The number of thiazole rings is 1. The van der Waals surface area contributed by atoms with Crippen LogP contribution >= 0.6 is 11.3 Å². The van der Waals surface area contributed by atoms with Crippen LogP contribution in [-0.4, -0.2) is 16.8 Å². The lowest BCUT2D eigenvalue weighted by Gasteiger charge is -2.09. The van der Waals surface area contributed by atoms with E-state index in [1.54, 1.807) is 11.3 Å². The number of nitrogens with zero attached hydrogens (tertiary/aromatic N) is 1. The van der Waals surface area contributed by atoms with E-state index < -0.39 is 6.04 Å². The van der Waals surface area contributed by atoms with Gasteiger partial charge in [-0.05, 0) is 25.8 Å². The highest BCUT2D eigenvalue weighted by Gasteiger charge is 2.16. The summed E-state index contributed by atoms with van der Waals surface area (Å²) in [6, 6.07) is 9.40. The molecule has 0 spiro atoms. The van der Waals surface area contributed by atoms with E-state index in [0.717, 1.165) is 16.3 Å². The van der Waals surface area contributed by atoms with Gasteiger partial charge in [0.25, 0.3) is 0 Å². The van der Waals surface area contributed by atoms with Crippen molar-refractivity contribution in [2.24, 2.45) is 5.73 Å². The molecule has 0 bridgehead atoms. The second-order valence-corrected chi connectivity index (χ2v) is 5.98. The van der Waals surface area contributed by atoms with Crippen LogP contribution in [-0.2, 0) is 17.6 Å². The molecule has 4 heteroatoms. The molecule has 0 aliphatic heterocycles. The third kappa shape index (κ3) is 3.72. The van der Waals surface area contributed by atoms with Crippen molar-refractivity contribution in [1.82, 2.24) is 4.98 Å². The molecule has 2 rings (SSSR count). The molecule has 0 saturated heterocycles. The number of carbonyl (C=O) groups excluding carboxylic acids is 1. The quantitative estimate of drug-likeness (QED) is 0.911. The Morgan fingerprint density at radius 3 is 2.58 bits per heavy atom. The molecule has 19 heavy (non-hydrogen) atoms. The minimum Gasteiger partial charge on any atom is -0.321 e. The van der Waals surface area contributed by atoms with Crippen LogP contribution in [0.1, 0.15) is 21.1 Å². The Morgan fingerprint density at radius 2 is 2.00 bits per heavy atom. The standard InChI is InChI=1S/C15H18N2OS/c1-10-11(2)19-15(17-10)9-14(18)13(16)8-12-6-4-3-5-7-12/h3-7,13H,8-9,16H2,1-2H3. The van der Waals surface area contributed by atoms with Gasteiger partial charge in [-0.2, -0.15) is 0 Å². The Bertz CT molecular complexity index is 543. The van der Waals surface area contributed by atoms with E-state index in [4.69, 9.17) is 5.73 Å². The third-order valence-corrected chi connectivity index (χ3v) is 4.18. The maximum Gasteiger partial charge on any atom is 0.156 e. The summed E-state index contributed by atoms with van der Waals surface area (Å²) < 4.78 is 0. The fourth-order valence-electron chi connectivity index (χ4n) is 1.88. The number of aryl methyl sites for hydroxylation is 2. The van der Waals surface area contributed by atoms with Crippen LogP contribution in [0.25, 0.3) is 0 Å². The van der Waals surface area contributed by atoms with Gasteiger partial charge in [0, 0.05) is 4.88 Å². The highest BCUT2D eigenvalue weighted by molar-refractivity contribution is 7.11. The predicted octanol–water partition coefficient (Wildman–Crippen LogP) is 2.44. The SMILES string of the molecule is Cc1nc(CC(=O)C(N)Cc2ccccc2)sc1C. The van der Waals surface area contributed by atoms with E-state index in [1.807, 2.05) is 44.2 Å². The number of hydrogen-bond acceptors (Lipinski definition) is 4. The Morgan fingerprint density at radius 1 is 1.32 bits per heavy atom. The molecule has 0 fully saturated rings. The van der Waals surface area contributed by atoms with Crippen molar-refractivity contribution in [1.29, 1.82) is 0 Å². The van der Waals surface area contributed by atoms with E-state index in [1.165, 1.54) is 4.88 Å². The zero-order valence-corrected chi connectivity index (χ0v) is 12.0. The largest absolute Gasteiger partial charge is 0.321 e. The molecule has 100 valence electrons. The molecule has 1 unspecified atom stereocenters. The van der Waals surface area contributed by atoms with Gasteiger partial charge in [0.05, 0.1) is 18.2 Å². The maximum atomic E-state index is 12.1. The van der Waals surface area contributed by atoms with Gasteiger partial charge in [-0.3, -0.25) is 4.79 Å². The van der Waals surface area contributed by atoms with Crippen molar-refractivity contribution >= 4 is 17.1 Å². The van der Waals surface area contributed by atoms with Crippen LogP contribution in [0.5, 0.6) is 0 Å². The Labute approximate surface area is 117 Å². The summed E-state index contributed by atoms with van der Waals surface area (Å²) in [5.74, 6) is 0.0533. The van der Waals surface area contributed by atoms with E-state index in [9.17, 15) is 4.79 Å². The lowest BCUT2D eigenvalue weighted by molar-refractivity contribution is -0.119. The van der Waals surface area contributed by atoms with Gasteiger partial charge in [-0.25, -0.2) is 4.98 Å². The average Bonchev–Trinajstić information content (AvgIpc) is 2.69. The van der Waals surface area contributed by atoms with Gasteiger partial charge in [0.1, 0.15) is 5.01 Å². The van der Waals surface area contributed by atoms with Crippen molar-refractivity contribution in [3.05, 3.63) is 51.5 Å². The monoisotopic (exact) mass is 274 g/mol. The molecule has 0 saturated carbocycles. The summed E-state index contributed by atoms with van der Waals surface area (Å²) in [6.07, 6.45) is 0.927. The first-order valence-corrected chi connectivity index (χ1v) is 7.13. The Balaban J connectivity index is 1.96. The van der Waals surface area contributed by atoms with Crippen LogP contribution in [0.3, 0.4) is 0 Å². The van der Waals surface area contributed by atoms with E-state index >= 15 is 0 Å². The molecular formula is C15H18N2OS. The molecule has 1 aromatic carbocycles. The molecule has 0 aliphatic rings. The van der Waals surface area contributed by atoms with Crippen molar-refractivity contribution in [3.63, 3.8) is 0 Å². The summed E-state index contributed by atoms with van der Waals surface area (Å²) in [7, 11) is 0. The van der Waals surface area contributed by atoms with Gasteiger partial charge in [-0.1, -0.05) is 30.3 Å². The first-order chi connectivity index (χ1) is 9.06. The molecule has 1 heterocycles. The van der Waals surface area contributed by atoms with Crippen LogP contribution in [0.15, 0.2) is 30.3 Å². The average molecular weight is 274 g/mol. The summed E-state index contributed by atoms with van der Waals surface area (Å²) in [5, 5.41) is 0.864. The van der Waals surface area contributed by atoms with Crippen molar-refractivity contribution in [3.8, 4) is 0 Å². The van der Waals surface area contributed by atoms with Crippen LogP contribution in [0.2, 0.25) is 0 Å². The molecule has 1 atom stereocenters. The van der Waals surface area contributed by atoms with Crippen LogP contribution in [0.4, 0.5) is 0 Å². The Kier molecular flexibility index (Phi) is 4.45. The van der Waals surface area contributed by atoms with Gasteiger partial charge in [-0.15, -0.1) is 11.3 Å². The molecule has 2 N–H and O–H groups in total. The van der Waals surface area contributed by atoms with E-state index in [-0.39, 0.29) is 5.78 Å². The molecule has 0 amide bonds. The summed E-state index contributed by atoms with van der Waals surface area (Å²) in [6.45, 7) is 3.98. The van der Waals surface area contributed by atoms with Crippen molar-refractivity contribution < 1.29 is 4.79 Å². The smallest absolute Gasteiger partial charge is 0.156 e. The number of nitrogens with two attached hydrogens (primary N) is 1. The number of hydrogen-bond donors (Lipinski definition) is 1. The van der Waals surface area contributed by atoms with Crippen LogP contribution < -0.4 is 5.73 Å². The zero-order chi connectivity index (χ0) is 13.8. The maximum absolute atomic E-state index is 12.1. The lowest BCUT2D eigenvalue weighted by Crippen LogP contribution is -2.33. The van der Waals surface area contributed by atoms with Crippen LogP contribution in [0, 0.1) is 13.8 Å². The molecule has 1 aromatic heterocycles. The zero-order valence-electron chi connectivity index (χ0n) is 11.2. The first-order valence-electron chi connectivity index (χ1n) is 6.31. The second kappa shape index (κ2) is 6.08. The van der Waals surface area contributed by atoms with Crippen molar-refractivity contribution in [2.45, 2.75) is 32.7 Å². The number of aromatic nitrogens is 1. The number of rotatable bonds is 5. The number of Topliss-reactive ketones (excluding diaryl/α,β-unsaturated/α-hetero) is 1. The summed E-state index contributed by atoms with van der Waals surface area (Å²) in [4.78, 5) is 17.6. The highest BCUT2D eigenvalue weighted by atomic mass is 32.1. The molecule has 0 radical (unpaired) electrons. The summed E-state index contributed by atoms with van der Waals surface area (Å²) in [5.41, 5.74) is 8.07. The highest BCUT2D eigenvalue weighted by Crippen LogP contribution is 2.17. The molecule has 3 nitrogen and oxygen atoms in total. The number of carbonyl (C=O) groups is 1. The minimum absolute atomic E-state index is 0.0533. The first kappa shape index (κ1) is 13.9. The number of benzene rings is 1. The third-order valence-electron chi connectivity index (χ3n) is 3.11. The van der Waals surface area contributed by atoms with E-state index in [2.05, 4.69) is 4.98 Å². The predicted molar refractivity (Wildman–Crippen MR) is 78.4 cm³/mol. The topological polar surface area (TPSA) is 56.0 Å². The number of ketones is 1. The molecule has 0 aliphatic carbocycles. The Hall–Kier alpha value is -1.52. The fraction of sp³-hybridized carbons (Fsp3) is 0.333. The second-order valence-electron chi connectivity index (χ2n) is 4.69. The minimum atomic E-state index is -0.452.